The van der Waals surface area contributed by atoms with Crippen molar-refractivity contribution < 1.29 is 0 Å². The van der Waals surface area contributed by atoms with Gasteiger partial charge in [-0.1, -0.05) is 40.0 Å². The van der Waals surface area contributed by atoms with Crippen LogP contribution in [0.4, 0.5) is 0 Å². The maximum atomic E-state index is 3.75. The van der Waals surface area contributed by atoms with Crippen LogP contribution in [0.5, 0.6) is 0 Å². The van der Waals surface area contributed by atoms with Gasteiger partial charge in [-0.05, 0) is 56.0 Å². The van der Waals surface area contributed by atoms with Crippen molar-refractivity contribution in [2.24, 2.45) is 17.3 Å². The molecule has 0 aromatic rings. The summed E-state index contributed by atoms with van der Waals surface area (Å²) in [6.07, 6.45) is 10.1. The second kappa shape index (κ2) is 7.79. The van der Waals surface area contributed by atoms with E-state index in [1.165, 1.54) is 77.7 Å². The first-order valence-electron chi connectivity index (χ1n) is 9.06. The standard InChI is InChI=1S/C18H36N2/c1-4-7-17-8-11-20(13-17)15-18(9-5-6-10-18)14-19-12-16(2)3/h16-17,19H,4-15H2,1-3H3. The van der Waals surface area contributed by atoms with Crippen molar-refractivity contribution in [3.63, 3.8) is 0 Å². The molecule has 1 N–H and O–H groups in total. The van der Waals surface area contributed by atoms with Gasteiger partial charge in [-0.15, -0.1) is 0 Å². The maximum absolute atomic E-state index is 3.75. The van der Waals surface area contributed by atoms with Crippen LogP contribution in [0, 0.1) is 17.3 Å². The minimum absolute atomic E-state index is 0.593. The van der Waals surface area contributed by atoms with Gasteiger partial charge < -0.3 is 10.2 Å². The van der Waals surface area contributed by atoms with Crippen LogP contribution in [0.15, 0.2) is 0 Å². The number of likely N-dealkylation sites (tertiary alicyclic amines) is 1. The molecule has 0 radical (unpaired) electrons. The number of hydrogen-bond donors (Lipinski definition) is 1. The second-order valence-corrected chi connectivity index (χ2v) is 7.91. The molecule has 0 bridgehead atoms. The third-order valence-electron chi connectivity index (χ3n) is 5.34. The molecule has 0 spiro atoms. The Bertz CT molecular complexity index is 269. The summed E-state index contributed by atoms with van der Waals surface area (Å²) in [5, 5.41) is 3.75. The monoisotopic (exact) mass is 280 g/mol. The van der Waals surface area contributed by atoms with Crippen molar-refractivity contribution in [3.05, 3.63) is 0 Å². The SMILES string of the molecule is CCCC1CCN(CC2(CNCC(C)C)CCCC2)C1. The molecule has 118 valence electrons. The van der Waals surface area contributed by atoms with E-state index >= 15 is 0 Å². The number of nitrogens with zero attached hydrogens (tertiary/aromatic N) is 1. The average molecular weight is 281 g/mol. The van der Waals surface area contributed by atoms with Gasteiger partial charge >= 0.3 is 0 Å². The summed E-state index contributed by atoms with van der Waals surface area (Å²) >= 11 is 0. The molecule has 2 heteroatoms. The third kappa shape index (κ3) is 4.73. The van der Waals surface area contributed by atoms with E-state index < -0.39 is 0 Å². The van der Waals surface area contributed by atoms with E-state index in [0.717, 1.165) is 11.8 Å². The molecule has 1 saturated carbocycles. The molecule has 1 atom stereocenters. The van der Waals surface area contributed by atoms with E-state index in [2.05, 4.69) is 31.0 Å². The highest BCUT2D eigenvalue weighted by Crippen LogP contribution is 2.39. The molecule has 2 aliphatic rings. The largest absolute Gasteiger partial charge is 0.316 e. The van der Waals surface area contributed by atoms with Crippen molar-refractivity contribution >= 4 is 0 Å². The molecule has 0 aromatic carbocycles. The van der Waals surface area contributed by atoms with Gasteiger partial charge in [-0.25, -0.2) is 0 Å². The van der Waals surface area contributed by atoms with E-state index in [0.29, 0.717) is 5.41 Å². The zero-order chi connectivity index (χ0) is 14.4. The molecule has 2 rings (SSSR count). The van der Waals surface area contributed by atoms with E-state index in [9.17, 15) is 0 Å². The molecule has 20 heavy (non-hydrogen) atoms. The van der Waals surface area contributed by atoms with Crippen molar-refractivity contribution in [3.8, 4) is 0 Å². The van der Waals surface area contributed by atoms with Crippen molar-refractivity contribution in [1.29, 1.82) is 0 Å². The van der Waals surface area contributed by atoms with Crippen LogP contribution < -0.4 is 5.32 Å². The Morgan fingerprint density at radius 3 is 2.65 bits per heavy atom. The smallest absolute Gasteiger partial charge is 0.00503 e. The van der Waals surface area contributed by atoms with Gasteiger partial charge in [0.2, 0.25) is 0 Å². The van der Waals surface area contributed by atoms with Crippen LogP contribution in [0.2, 0.25) is 0 Å². The van der Waals surface area contributed by atoms with Crippen LogP contribution >= 0.6 is 0 Å². The predicted molar refractivity (Wildman–Crippen MR) is 88.1 cm³/mol. The Hall–Kier alpha value is -0.0800. The topological polar surface area (TPSA) is 15.3 Å². The summed E-state index contributed by atoms with van der Waals surface area (Å²) in [6.45, 7) is 13.5. The van der Waals surface area contributed by atoms with E-state index in [-0.39, 0.29) is 0 Å². The van der Waals surface area contributed by atoms with Crippen LogP contribution in [0.3, 0.4) is 0 Å². The van der Waals surface area contributed by atoms with Crippen LogP contribution in [-0.4, -0.2) is 37.6 Å². The number of nitrogens with one attached hydrogen (secondary N) is 1. The molecule has 0 amide bonds. The molecule has 1 saturated heterocycles. The fourth-order valence-corrected chi connectivity index (χ4v) is 4.32. The zero-order valence-corrected chi connectivity index (χ0v) is 14.1. The van der Waals surface area contributed by atoms with Crippen molar-refractivity contribution in [1.82, 2.24) is 10.2 Å². The quantitative estimate of drug-likeness (QED) is 0.725. The normalized spacial score (nSPS) is 26.7. The predicted octanol–water partition coefficient (Wildman–Crippen LogP) is 3.91. The summed E-state index contributed by atoms with van der Waals surface area (Å²) in [5.41, 5.74) is 0.593. The van der Waals surface area contributed by atoms with Crippen LogP contribution in [0.25, 0.3) is 0 Å². The van der Waals surface area contributed by atoms with Gasteiger partial charge in [0.15, 0.2) is 0 Å². The summed E-state index contributed by atoms with van der Waals surface area (Å²) < 4.78 is 0. The molecular weight excluding hydrogens is 244 g/mol. The highest BCUT2D eigenvalue weighted by molar-refractivity contribution is 4.91. The first-order valence-corrected chi connectivity index (χ1v) is 9.06. The Labute approximate surface area is 126 Å². The highest BCUT2D eigenvalue weighted by atomic mass is 15.2. The minimum atomic E-state index is 0.593. The second-order valence-electron chi connectivity index (χ2n) is 7.91. The van der Waals surface area contributed by atoms with Crippen LogP contribution in [-0.2, 0) is 0 Å². The Kier molecular flexibility index (Phi) is 6.35. The summed E-state index contributed by atoms with van der Waals surface area (Å²) in [4.78, 5) is 2.78. The summed E-state index contributed by atoms with van der Waals surface area (Å²) in [7, 11) is 0. The van der Waals surface area contributed by atoms with Gasteiger partial charge in [-0.2, -0.15) is 0 Å². The first-order chi connectivity index (χ1) is 9.63. The third-order valence-corrected chi connectivity index (χ3v) is 5.34. The van der Waals surface area contributed by atoms with Crippen molar-refractivity contribution in [2.45, 2.75) is 65.7 Å². The van der Waals surface area contributed by atoms with Gasteiger partial charge in [-0.3, -0.25) is 0 Å². The lowest BCUT2D eigenvalue weighted by atomic mass is 9.85. The molecule has 0 aromatic heterocycles. The maximum Gasteiger partial charge on any atom is 0.00503 e. The molecule has 1 heterocycles. The Balaban J connectivity index is 1.80. The molecule has 2 nitrogen and oxygen atoms in total. The first kappa shape index (κ1) is 16.3. The molecule has 2 fully saturated rings. The molecule has 1 aliphatic heterocycles. The summed E-state index contributed by atoms with van der Waals surface area (Å²) in [5.74, 6) is 1.76. The fraction of sp³-hybridized carbons (Fsp3) is 1.00. The number of rotatable bonds is 8. The molecule has 1 unspecified atom stereocenters. The van der Waals surface area contributed by atoms with E-state index in [4.69, 9.17) is 0 Å². The number of hydrogen-bond acceptors (Lipinski definition) is 2. The van der Waals surface area contributed by atoms with Gasteiger partial charge in [0.05, 0.1) is 0 Å². The van der Waals surface area contributed by atoms with Crippen LogP contribution in [0.1, 0.15) is 65.7 Å². The highest BCUT2D eigenvalue weighted by Gasteiger charge is 2.36. The average Bonchev–Trinajstić information content (AvgIpc) is 3.00. The Morgan fingerprint density at radius 2 is 2.00 bits per heavy atom. The zero-order valence-electron chi connectivity index (χ0n) is 14.1. The van der Waals surface area contributed by atoms with E-state index in [1.807, 2.05) is 0 Å². The lowest BCUT2D eigenvalue weighted by Gasteiger charge is -2.34. The minimum Gasteiger partial charge on any atom is -0.316 e. The molecular formula is C18H36N2. The van der Waals surface area contributed by atoms with Gasteiger partial charge in [0, 0.05) is 19.6 Å². The lowest BCUT2D eigenvalue weighted by Crippen LogP contribution is -2.42. The van der Waals surface area contributed by atoms with Gasteiger partial charge in [0.25, 0.3) is 0 Å². The van der Waals surface area contributed by atoms with E-state index in [1.54, 1.807) is 0 Å². The van der Waals surface area contributed by atoms with Gasteiger partial charge in [0.1, 0.15) is 0 Å². The fourth-order valence-electron chi connectivity index (χ4n) is 4.32. The molecule has 1 aliphatic carbocycles. The Morgan fingerprint density at radius 1 is 1.25 bits per heavy atom. The lowest BCUT2D eigenvalue weighted by molar-refractivity contribution is 0.166. The summed E-state index contributed by atoms with van der Waals surface area (Å²) in [6, 6.07) is 0. The van der Waals surface area contributed by atoms with Crippen molar-refractivity contribution in [2.75, 3.05) is 32.7 Å².